The van der Waals surface area contributed by atoms with Crippen LogP contribution in [0.25, 0.3) is 0 Å². The van der Waals surface area contributed by atoms with Gasteiger partial charge in [0.25, 0.3) is 0 Å². The van der Waals surface area contributed by atoms with Crippen LogP contribution in [0.1, 0.15) is 31.4 Å². The number of guanidine groups is 1. The van der Waals surface area contributed by atoms with Crippen molar-refractivity contribution in [2.75, 3.05) is 33.2 Å². The van der Waals surface area contributed by atoms with Crippen molar-refractivity contribution in [3.8, 4) is 0 Å². The maximum absolute atomic E-state index is 5.77. The van der Waals surface area contributed by atoms with E-state index in [4.69, 9.17) is 4.74 Å². The molecule has 2 rings (SSSR count). The van der Waals surface area contributed by atoms with Gasteiger partial charge in [0.1, 0.15) is 0 Å². The number of ether oxygens (including phenoxy) is 1. The summed E-state index contributed by atoms with van der Waals surface area (Å²) in [4.78, 5) is 6.78. The molecule has 0 saturated carbocycles. The van der Waals surface area contributed by atoms with Gasteiger partial charge in [-0.1, -0.05) is 29.8 Å². The van der Waals surface area contributed by atoms with Crippen LogP contribution in [0.15, 0.2) is 29.3 Å². The number of halogens is 1. The van der Waals surface area contributed by atoms with E-state index in [-0.39, 0.29) is 24.0 Å². The van der Waals surface area contributed by atoms with Crippen LogP contribution in [0, 0.1) is 6.92 Å². The van der Waals surface area contributed by atoms with Crippen molar-refractivity contribution in [1.82, 2.24) is 15.5 Å². The third-order valence-corrected chi connectivity index (χ3v) is 4.20. The van der Waals surface area contributed by atoms with Crippen LogP contribution in [0.3, 0.4) is 0 Å². The highest BCUT2D eigenvalue weighted by atomic mass is 127. The van der Waals surface area contributed by atoms with Crippen LogP contribution in [0.4, 0.5) is 0 Å². The van der Waals surface area contributed by atoms with Gasteiger partial charge in [0.2, 0.25) is 0 Å². The molecule has 2 N–H and O–H groups in total. The molecule has 1 saturated heterocycles. The number of morpholine rings is 1. The van der Waals surface area contributed by atoms with E-state index in [0.29, 0.717) is 12.2 Å². The summed E-state index contributed by atoms with van der Waals surface area (Å²) in [6.07, 6.45) is 1.78. The summed E-state index contributed by atoms with van der Waals surface area (Å²) in [5.41, 5.74) is 2.56. The predicted molar refractivity (Wildman–Crippen MR) is 116 cm³/mol. The molecule has 6 heteroatoms. The highest BCUT2D eigenvalue weighted by Crippen LogP contribution is 2.10. The maximum atomic E-state index is 5.77. The fourth-order valence-electron chi connectivity index (χ4n) is 3.20. The first-order chi connectivity index (χ1) is 11.6. The highest BCUT2D eigenvalue weighted by molar-refractivity contribution is 14.0. The zero-order chi connectivity index (χ0) is 17.4. The lowest BCUT2D eigenvalue weighted by atomic mass is 10.1. The summed E-state index contributed by atoms with van der Waals surface area (Å²) in [6.45, 7) is 11.3. The van der Waals surface area contributed by atoms with Gasteiger partial charge in [-0.3, -0.25) is 9.89 Å². The van der Waals surface area contributed by atoms with Crippen LogP contribution in [0.2, 0.25) is 0 Å². The average Bonchev–Trinajstić information content (AvgIpc) is 2.53. The van der Waals surface area contributed by atoms with Gasteiger partial charge in [-0.2, -0.15) is 0 Å². The Hall–Kier alpha value is -0.860. The van der Waals surface area contributed by atoms with Gasteiger partial charge in [-0.25, -0.2) is 0 Å². The summed E-state index contributed by atoms with van der Waals surface area (Å²) < 4.78 is 5.77. The first kappa shape index (κ1) is 22.2. The van der Waals surface area contributed by atoms with Crippen LogP contribution >= 0.6 is 24.0 Å². The predicted octanol–water partition coefficient (Wildman–Crippen LogP) is 2.78. The fourth-order valence-corrected chi connectivity index (χ4v) is 3.20. The first-order valence-corrected chi connectivity index (χ1v) is 8.94. The number of aliphatic imine (C=N–C) groups is 1. The van der Waals surface area contributed by atoms with Crippen LogP contribution in [-0.4, -0.2) is 56.3 Å². The monoisotopic (exact) mass is 460 g/mol. The Labute approximate surface area is 169 Å². The van der Waals surface area contributed by atoms with Gasteiger partial charge in [-0.15, -0.1) is 24.0 Å². The molecule has 1 aromatic rings. The van der Waals surface area contributed by atoms with Gasteiger partial charge in [-0.05, 0) is 32.8 Å². The second kappa shape index (κ2) is 11.7. The largest absolute Gasteiger partial charge is 0.373 e. The number of hydrogen-bond acceptors (Lipinski definition) is 3. The van der Waals surface area contributed by atoms with E-state index in [1.165, 1.54) is 11.1 Å². The molecular formula is C19H33IN4O. The summed E-state index contributed by atoms with van der Waals surface area (Å²) in [6, 6.07) is 8.53. The van der Waals surface area contributed by atoms with E-state index in [9.17, 15) is 0 Å². The minimum atomic E-state index is 0. The Bertz CT molecular complexity index is 528. The van der Waals surface area contributed by atoms with Crippen LogP contribution < -0.4 is 10.6 Å². The summed E-state index contributed by atoms with van der Waals surface area (Å²) >= 11 is 0. The Morgan fingerprint density at radius 1 is 1.24 bits per heavy atom. The molecule has 0 spiro atoms. The van der Waals surface area contributed by atoms with Crippen molar-refractivity contribution in [1.29, 1.82) is 0 Å². The molecule has 25 heavy (non-hydrogen) atoms. The lowest BCUT2D eigenvalue weighted by Gasteiger charge is -2.35. The van der Waals surface area contributed by atoms with Gasteiger partial charge in [0.15, 0.2) is 5.96 Å². The molecule has 0 amide bonds. The first-order valence-electron chi connectivity index (χ1n) is 8.94. The third-order valence-electron chi connectivity index (χ3n) is 4.20. The fraction of sp³-hybridized carbons (Fsp3) is 0.632. The second-order valence-corrected chi connectivity index (χ2v) is 6.71. The third kappa shape index (κ3) is 8.37. The molecule has 142 valence electrons. The van der Waals surface area contributed by atoms with Crippen molar-refractivity contribution >= 4 is 29.9 Å². The standard InChI is InChI=1S/C19H32N4O.HI/c1-15-7-5-8-18(11-15)12-22-19(20-4)21-9-6-10-23-13-16(2)24-17(3)14-23;/h5,7-8,11,16-17H,6,9-10,12-14H2,1-4H3,(H2,20,21,22);1H. The molecule has 0 aromatic heterocycles. The van der Waals surface area contributed by atoms with Gasteiger partial charge >= 0.3 is 0 Å². The lowest BCUT2D eigenvalue weighted by Crippen LogP contribution is -2.46. The zero-order valence-corrected chi connectivity index (χ0v) is 18.2. The second-order valence-electron chi connectivity index (χ2n) is 6.71. The Kier molecular flexibility index (Phi) is 10.4. The number of nitrogens with zero attached hydrogens (tertiary/aromatic N) is 2. The molecule has 1 fully saturated rings. The van der Waals surface area contributed by atoms with Crippen molar-refractivity contribution in [2.45, 2.75) is 45.9 Å². The zero-order valence-electron chi connectivity index (χ0n) is 15.9. The molecule has 2 unspecified atom stereocenters. The van der Waals surface area contributed by atoms with Gasteiger partial charge < -0.3 is 15.4 Å². The molecule has 1 aromatic carbocycles. The van der Waals surface area contributed by atoms with E-state index in [2.05, 4.69) is 65.6 Å². The molecule has 0 bridgehead atoms. The van der Waals surface area contributed by atoms with E-state index in [0.717, 1.165) is 45.1 Å². The Morgan fingerprint density at radius 3 is 2.60 bits per heavy atom. The summed E-state index contributed by atoms with van der Waals surface area (Å²) in [7, 11) is 1.82. The number of hydrogen-bond donors (Lipinski definition) is 2. The maximum Gasteiger partial charge on any atom is 0.191 e. The van der Waals surface area contributed by atoms with Gasteiger partial charge in [0.05, 0.1) is 12.2 Å². The number of rotatable bonds is 6. The summed E-state index contributed by atoms with van der Waals surface area (Å²) in [5.74, 6) is 0.861. The topological polar surface area (TPSA) is 48.9 Å². The number of benzene rings is 1. The molecule has 5 nitrogen and oxygen atoms in total. The highest BCUT2D eigenvalue weighted by Gasteiger charge is 2.21. The molecular weight excluding hydrogens is 427 g/mol. The van der Waals surface area contributed by atoms with Gasteiger partial charge in [0, 0.05) is 39.8 Å². The Balaban J connectivity index is 0.00000312. The molecule has 1 heterocycles. The number of nitrogens with one attached hydrogen (secondary N) is 2. The van der Waals surface area contributed by atoms with E-state index in [1.54, 1.807) is 0 Å². The molecule has 0 aliphatic carbocycles. The normalized spacial score (nSPS) is 21.5. The van der Waals surface area contributed by atoms with Crippen LogP contribution in [0.5, 0.6) is 0 Å². The quantitative estimate of drug-likeness (QED) is 0.297. The van der Waals surface area contributed by atoms with Crippen LogP contribution in [-0.2, 0) is 11.3 Å². The minimum absolute atomic E-state index is 0. The van der Waals surface area contributed by atoms with E-state index >= 15 is 0 Å². The SMILES string of the molecule is CN=C(NCCCN1CC(C)OC(C)C1)NCc1cccc(C)c1.I. The van der Waals surface area contributed by atoms with Crippen molar-refractivity contribution in [3.05, 3.63) is 35.4 Å². The average molecular weight is 460 g/mol. The molecule has 2 atom stereocenters. The van der Waals surface area contributed by atoms with Crippen molar-refractivity contribution < 1.29 is 4.74 Å². The lowest BCUT2D eigenvalue weighted by molar-refractivity contribution is -0.0679. The van der Waals surface area contributed by atoms with Crippen molar-refractivity contribution in [2.24, 2.45) is 4.99 Å². The van der Waals surface area contributed by atoms with E-state index < -0.39 is 0 Å². The number of aryl methyl sites for hydroxylation is 1. The Morgan fingerprint density at radius 2 is 1.96 bits per heavy atom. The smallest absolute Gasteiger partial charge is 0.191 e. The minimum Gasteiger partial charge on any atom is -0.373 e. The molecule has 1 aliphatic rings. The molecule has 0 radical (unpaired) electrons. The molecule has 1 aliphatic heterocycles. The summed E-state index contributed by atoms with van der Waals surface area (Å²) in [5, 5.41) is 6.77. The van der Waals surface area contributed by atoms with Crippen molar-refractivity contribution in [3.63, 3.8) is 0 Å². The van der Waals surface area contributed by atoms with E-state index in [1.807, 2.05) is 7.05 Å².